The van der Waals surface area contributed by atoms with Crippen LogP contribution < -0.4 is 51.4 Å². The zero-order valence-electron chi connectivity index (χ0n) is 27.2. The van der Waals surface area contributed by atoms with Gasteiger partial charge in [0.2, 0.25) is 0 Å². The molecule has 206 valence electrons. The van der Waals surface area contributed by atoms with E-state index in [1.807, 2.05) is 13.8 Å². The number of hydrogen-bond donors (Lipinski definition) is 0. The fraction of sp³-hybridized carbons (Fsp3) is 0.939. The van der Waals surface area contributed by atoms with Crippen LogP contribution in [0.1, 0.15) is 167 Å². The first-order valence-electron chi connectivity index (χ1n) is 15.1. The van der Waals surface area contributed by atoms with Crippen LogP contribution in [0.2, 0.25) is 0 Å². The SMILES string of the molecule is CC.CC(C)[CH-]CC1CCCCC1.CCC(C)CCC(C)C.CCC(CC)C(CC)CC.[CH3-].[K+]. The minimum atomic E-state index is 0. The summed E-state index contributed by atoms with van der Waals surface area (Å²) in [5.74, 6) is 5.61. The molecule has 0 aromatic heterocycles. The van der Waals surface area contributed by atoms with E-state index in [0.29, 0.717) is 0 Å². The van der Waals surface area contributed by atoms with Gasteiger partial charge < -0.3 is 13.8 Å². The van der Waals surface area contributed by atoms with Gasteiger partial charge in [-0.05, 0) is 23.7 Å². The van der Waals surface area contributed by atoms with E-state index >= 15 is 0 Å². The van der Waals surface area contributed by atoms with Gasteiger partial charge in [0.1, 0.15) is 0 Å². The summed E-state index contributed by atoms with van der Waals surface area (Å²) in [6.07, 6.45) is 20.9. The molecule has 1 fully saturated rings. The Morgan fingerprint density at radius 2 is 1.06 bits per heavy atom. The summed E-state index contributed by atoms with van der Waals surface area (Å²) in [7, 11) is 0. The van der Waals surface area contributed by atoms with Gasteiger partial charge in [-0.2, -0.15) is 12.3 Å². The first-order valence-corrected chi connectivity index (χ1v) is 15.1. The molecule has 0 N–H and O–H groups in total. The van der Waals surface area contributed by atoms with Crippen LogP contribution in [-0.2, 0) is 0 Å². The van der Waals surface area contributed by atoms with E-state index in [4.69, 9.17) is 0 Å². The first kappa shape index (κ1) is 45.5. The third-order valence-corrected chi connectivity index (χ3v) is 7.36. The molecule has 1 unspecified atom stereocenters. The Labute approximate surface area is 264 Å². The Balaban J connectivity index is -0.000000116. The smallest absolute Gasteiger partial charge is 0.358 e. The Bertz CT molecular complexity index is 299. The van der Waals surface area contributed by atoms with Crippen molar-refractivity contribution in [2.45, 2.75) is 167 Å². The Morgan fingerprint density at radius 1 is 0.647 bits per heavy atom. The molecule has 0 aromatic carbocycles. The topological polar surface area (TPSA) is 0 Å². The Kier molecular flexibility index (Phi) is 46.4. The summed E-state index contributed by atoms with van der Waals surface area (Å²) in [6, 6.07) is 0. The largest absolute Gasteiger partial charge is 1.00 e. The summed E-state index contributed by atoms with van der Waals surface area (Å²) < 4.78 is 0. The van der Waals surface area contributed by atoms with E-state index in [2.05, 4.69) is 75.7 Å². The molecule has 0 saturated heterocycles. The second-order valence-corrected chi connectivity index (χ2v) is 10.9. The quantitative estimate of drug-likeness (QED) is 0.182. The molecular formula is C33H72K-. The summed E-state index contributed by atoms with van der Waals surface area (Å²) in [5, 5.41) is 0. The normalized spacial score (nSPS) is 14.1. The summed E-state index contributed by atoms with van der Waals surface area (Å²) in [5.41, 5.74) is 0. The molecule has 0 nitrogen and oxygen atoms in total. The minimum absolute atomic E-state index is 0. The van der Waals surface area contributed by atoms with Crippen LogP contribution in [0.3, 0.4) is 0 Å². The van der Waals surface area contributed by atoms with Crippen molar-refractivity contribution in [1.82, 2.24) is 0 Å². The summed E-state index contributed by atoms with van der Waals surface area (Å²) in [4.78, 5) is 0. The predicted molar refractivity (Wildman–Crippen MR) is 160 cm³/mol. The van der Waals surface area contributed by atoms with Crippen LogP contribution >= 0.6 is 0 Å². The molecule has 1 heteroatoms. The van der Waals surface area contributed by atoms with E-state index in [9.17, 15) is 0 Å². The van der Waals surface area contributed by atoms with Gasteiger partial charge in [0.05, 0.1) is 0 Å². The monoisotopic (exact) mass is 508 g/mol. The van der Waals surface area contributed by atoms with Gasteiger partial charge in [-0.25, -0.2) is 0 Å². The molecule has 1 atom stereocenters. The maximum atomic E-state index is 2.48. The molecule has 1 rings (SSSR count). The van der Waals surface area contributed by atoms with Gasteiger partial charge >= 0.3 is 51.4 Å². The van der Waals surface area contributed by atoms with Gasteiger partial charge in [0, 0.05) is 0 Å². The van der Waals surface area contributed by atoms with Crippen molar-refractivity contribution in [3.63, 3.8) is 0 Å². The number of hydrogen-bond acceptors (Lipinski definition) is 0. The fourth-order valence-corrected chi connectivity index (χ4v) is 4.62. The van der Waals surface area contributed by atoms with E-state index in [0.717, 1.165) is 35.5 Å². The molecule has 1 saturated carbocycles. The third kappa shape index (κ3) is 31.7. The fourth-order valence-electron chi connectivity index (χ4n) is 4.62. The van der Waals surface area contributed by atoms with Crippen LogP contribution in [0, 0.1) is 49.4 Å². The minimum Gasteiger partial charge on any atom is -0.358 e. The maximum absolute atomic E-state index is 2.48. The molecule has 0 bridgehead atoms. The predicted octanol–water partition coefficient (Wildman–Crippen LogP) is 9.63. The van der Waals surface area contributed by atoms with Crippen LogP contribution in [0.15, 0.2) is 0 Å². The second kappa shape index (κ2) is 34.6. The van der Waals surface area contributed by atoms with Gasteiger partial charge in [-0.15, -0.1) is 0 Å². The van der Waals surface area contributed by atoms with Crippen molar-refractivity contribution in [3.8, 4) is 0 Å². The second-order valence-electron chi connectivity index (χ2n) is 10.9. The van der Waals surface area contributed by atoms with E-state index < -0.39 is 0 Å². The van der Waals surface area contributed by atoms with Crippen LogP contribution in [0.25, 0.3) is 0 Å². The van der Waals surface area contributed by atoms with Crippen LogP contribution in [-0.4, -0.2) is 0 Å². The van der Waals surface area contributed by atoms with E-state index in [1.54, 1.807) is 0 Å². The van der Waals surface area contributed by atoms with Crippen molar-refractivity contribution in [2.24, 2.45) is 35.5 Å². The van der Waals surface area contributed by atoms with Crippen molar-refractivity contribution >= 4 is 0 Å². The Morgan fingerprint density at radius 3 is 1.35 bits per heavy atom. The molecular weight excluding hydrogens is 435 g/mol. The molecule has 0 spiro atoms. The molecule has 0 radical (unpaired) electrons. The summed E-state index contributed by atoms with van der Waals surface area (Å²) in [6.45, 7) is 27.0. The first-order chi connectivity index (χ1) is 15.2. The third-order valence-electron chi connectivity index (χ3n) is 7.36. The molecule has 0 heterocycles. The Hall–Kier alpha value is 1.64. The van der Waals surface area contributed by atoms with Gasteiger partial charge in [-0.1, -0.05) is 166 Å². The number of rotatable bonds is 12. The standard InChI is InChI=1S/C11H21.C10H22.C9H20.C2H6.CH3.K/c1-10(2)8-9-11-6-4-3-5-7-11;1-5-9(6-2)10(7-3)8-4;1-5-9(4)7-6-8(2)3;1-2;;/h8,10-11H,3-7,9H2,1-2H3;9-10H,5-8H2,1-4H3;8-9H,5-7H2,1-4H3;1-2H3;1H3;/q-1;;;;-1;+1. The van der Waals surface area contributed by atoms with Crippen molar-refractivity contribution in [2.75, 3.05) is 0 Å². The zero-order chi connectivity index (χ0) is 25.4. The van der Waals surface area contributed by atoms with Crippen molar-refractivity contribution in [1.29, 1.82) is 0 Å². The van der Waals surface area contributed by atoms with Crippen LogP contribution in [0.5, 0.6) is 0 Å². The molecule has 1 aliphatic rings. The van der Waals surface area contributed by atoms with Gasteiger partial charge in [0.25, 0.3) is 0 Å². The average molecular weight is 508 g/mol. The average Bonchev–Trinajstić information content (AvgIpc) is 2.82. The molecule has 34 heavy (non-hydrogen) atoms. The van der Waals surface area contributed by atoms with E-state index in [-0.39, 0.29) is 58.8 Å². The van der Waals surface area contributed by atoms with Crippen LogP contribution in [0.4, 0.5) is 0 Å². The van der Waals surface area contributed by atoms with Crippen molar-refractivity contribution < 1.29 is 51.4 Å². The zero-order valence-corrected chi connectivity index (χ0v) is 30.4. The molecule has 1 aliphatic carbocycles. The van der Waals surface area contributed by atoms with Gasteiger partial charge in [0.15, 0.2) is 0 Å². The molecule has 0 aromatic rings. The molecule has 0 amide bonds. The van der Waals surface area contributed by atoms with E-state index in [1.165, 1.54) is 83.5 Å². The van der Waals surface area contributed by atoms with Gasteiger partial charge in [-0.3, -0.25) is 0 Å². The summed E-state index contributed by atoms with van der Waals surface area (Å²) >= 11 is 0. The van der Waals surface area contributed by atoms with Crippen molar-refractivity contribution in [3.05, 3.63) is 13.8 Å². The maximum Gasteiger partial charge on any atom is 1.00 e. The molecule has 0 aliphatic heterocycles.